The summed E-state index contributed by atoms with van der Waals surface area (Å²) in [5.41, 5.74) is 1.58. The van der Waals surface area contributed by atoms with Gasteiger partial charge in [-0.2, -0.15) is 0 Å². The van der Waals surface area contributed by atoms with Crippen molar-refractivity contribution in [2.24, 2.45) is 5.92 Å². The number of benzene rings is 1. The van der Waals surface area contributed by atoms with E-state index >= 15 is 0 Å². The van der Waals surface area contributed by atoms with E-state index < -0.39 is 5.60 Å². The highest BCUT2D eigenvalue weighted by molar-refractivity contribution is 7.13. The molecule has 1 aliphatic carbocycles. The number of piperidine rings is 1. The predicted octanol–water partition coefficient (Wildman–Crippen LogP) is 4.50. The van der Waals surface area contributed by atoms with Crippen molar-refractivity contribution in [1.29, 1.82) is 0 Å². The first-order valence-electron chi connectivity index (χ1n) is 10.6. The number of aliphatic hydroxyl groups is 1. The maximum Gasteiger partial charge on any atom is 0.273 e. The highest BCUT2D eigenvalue weighted by Crippen LogP contribution is 2.47. The van der Waals surface area contributed by atoms with Crippen LogP contribution in [-0.4, -0.2) is 38.5 Å². The topological polar surface area (TPSA) is 66.3 Å². The molecule has 2 fully saturated rings. The molecular formula is C24H25N3O2S. The third-order valence-corrected chi connectivity index (χ3v) is 7.55. The zero-order valence-corrected chi connectivity index (χ0v) is 17.6. The Bertz CT molecular complexity index is 1020. The quantitative estimate of drug-likeness (QED) is 0.679. The molecule has 2 aliphatic rings. The summed E-state index contributed by atoms with van der Waals surface area (Å²) in [6.45, 7) is 0.549. The standard InChI is InChI=1S/C24H25N3O2S/c28-23(20-16-30-22(26-20)17-10-13-25-14-11-17)27-15-12-24(29,18-6-2-1-3-7-18)19-8-4-5-9-21(19)27/h1-3,6-7,10-11,13-14,16,19,21,29H,4-5,8-9,12,15H2/t19-,21?,24-/m1/s1. The Morgan fingerprint density at radius 3 is 2.67 bits per heavy atom. The number of rotatable bonds is 3. The van der Waals surface area contributed by atoms with Gasteiger partial charge in [0.2, 0.25) is 0 Å². The van der Waals surface area contributed by atoms with Crippen molar-refractivity contribution in [3.63, 3.8) is 0 Å². The Labute approximate surface area is 180 Å². The number of carbonyl (C=O) groups is 1. The molecule has 154 valence electrons. The summed E-state index contributed by atoms with van der Waals surface area (Å²) < 4.78 is 0. The van der Waals surface area contributed by atoms with E-state index in [2.05, 4.69) is 9.97 Å². The van der Waals surface area contributed by atoms with Crippen LogP contribution < -0.4 is 0 Å². The third-order valence-electron chi connectivity index (χ3n) is 6.66. The SMILES string of the molecule is O=C(c1csc(-c2ccncc2)n1)N1CC[C@@](O)(c2ccccc2)[C@@H]2CCCCC21. The molecule has 1 N–H and O–H groups in total. The summed E-state index contributed by atoms with van der Waals surface area (Å²) in [6, 6.07) is 13.9. The molecule has 5 rings (SSSR count). The number of fused-ring (bicyclic) bond motifs is 1. The fourth-order valence-corrected chi connectivity index (χ4v) is 5.97. The smallest absolute Gasteiger partial charge is 0.273 e. The molecule has 1 saturated heterocycles. The van der Waals surface area contributed by atoms with Gasteiger partial charge < -0.3 is 10.0 Å². The number of likely N-dealkylation sites (tertiary alicyclic amines) is 1. The van der Waals surface area contributed by atoms with E-state index in [1.165, 1.54) is 11.3 Å². The largest absolute Gasteiger partial charge is 0.385 e. The molecule has 0 bridgehead atoms. The fourth-order valence-electron chi connectivity index (χ4n) is 5.17. The highest BCUT2D eigenvalue weighted by Gasteiger charge is 2.50. The fraction of sp³-hybridized carbons (Fsp3) is 0.375. The van der Waals surface area contributed by atoms with Crippen molar-refractivity contribution in [1.82, 2.24) is 14.9 Å². The van der Waals surface area contributed by atoms with Gasteiger partial charge in [0, 0.05) is 41.8 Å². The zero-order valence-electron chi connectivity index (χ0n) is 16.8. The van der Waals surface area contributed by atoms with Crippen molar-refractivity contribution in [3.8, 4) is 10.6 Å². The van der Waals surface area contributed by atoms with Crippen LogP contribution in [0.15, 0.2) is 60.2 Å². The van der Waals surface area contributed by atoms with Crippen LogP contribution in [0.3, 0.4) is 0 Å². The molecule has 3 aromatic rings. The van der Waals surface area contributed by atoms with Crippen LogP contribution in [0.4, 0.5) is 0 Å². The summed E-state index contributed by atoms with van der Waals surface area (Å²) in [5.74, 6) is 0.0446. The van der Waals surface area contributed by atoms with E-state index in [1.807, 2.05) is 52.7 Å². The first-order chi connectivity index (χ1) is 14.7. The molecule has 5 nitrogen and oxygen atoms in total. The number of amides is 1. The van der Waals surface area contributed by atoms with Crippen molar-refractivity contribution < 1.29 is 9.90 Å². The molecule has 1 unspecified atom stereocenters. The van der Waals surface area contributed by atoms with E-state index in [4.69, 9.17) is 0 Å². The summed E-state index contributed by atoms with van der Waals surface area (Å²) in [5, 5.41) is 14.4. The van der Waals surface area contributed by atoms with Crippen LogP contribution in [0.1, 0.15) is 48.2 Å². The van der Waals surface area contributed by atoms with E-state index in [-0.39, 0.29) is 17.9 Å². The highest BCUT2D eigenvalue weighted by atomic mass is 32.1. The van der Waals surface area contributed by atoms with Gasteiger partial charge in [0.15, 0.2) is 0 Å². The molecular weight excluding hydrogens is 394 g/mol. The molecule has 1 saturated carbocycles. The van der Waals surface area contributed by atoms with Gasteiger partial charge in [-0.15, -0.1) is 11.3 Å². The van der Waals surface area contributed by atoms with Gasteiger partial charge in [-0.1, -0.05) is 43.2 Å². The molecule has 1 aromatic carbocycles. The summed E-state index contributed by atoms with van der Waals surface area (Å²) in [6.07, 6.45) is 8.10. The number of nitrogens with zero attached hydrogens (tertiary/aromatic N) is 3. The molecule has 3 atom stereocenters. The monoisotopic (exact) mass is 419 g/mol. The minimum absolute atomic E-state index is 0.0152. The second kappa shape index (κ2) is 7.93. The molecule has 3 heterocycles. The average molecular weight is 420 g/mol. The number of thiazole rings is 1. The van der Waals surface area contributed by atoms with E-state index in [0.29, 0.717) is 18.7 Å². The van der Waals surface area contributed by atoms with E-state index in [0.717, 1.165) is 41.8 Å². The van der Waals surface area contributed by atoms with Crippen LogP contribution >= 0.6 is 11.3 Å². The molecule has 1 amide bonds. The molecule has 2 aromatic heterocycles. The van der Waals surface area contributed by atoms with Crippen molar-refractivity contribution >= 4 is 17.2 Å². The Morgan fingerprint density at radius 2 is 1.87 bits per heavy atom. The van der Waals surface area contributed by atoms with Crippen molar-refractivity contribution in [3.05, 3.63) is 71.5 Å². The van der Waals surface area contributed by atoms with Gasteiger partial charge in [0.05, 0.1) is 5.60 Å². The van der Waals surface area contributed by atoms with E-state index in [9.17, 15) is 9.90 Å². The molecule has 1 aliphatic heterocycles. The Balaban J connectivity index is 1.42. The number of carbonyl (C=O) groups excluding carboxylic acids is 1. The summed E-state index contributed by atoms with van der Waals surface area (Å²) >= 11 is 1.49. The average Bonchev–Trinajstić information content (AvgIpc) is 3.31. The van der Waals surface area contributed by atoms with Crippen LogP contribution in [0.2, 0.25) is 0 Å². The van der Waals surface area contributed by atoms with Gasteiger partial charge in [0.1, 0.15) is 10.7 Å². The Kier molecular flexibility index (Phi) is 5.13. The lowest BCUT2D eigenvalue weighted by molar-refractivity contribution is -0.110. The lowest BCUT2D eigenvalue weighted by atomic mass is 9.66. The van der Waals surface area contributed by atoms with Gasteiger partial charge >= 0.3 is 0 Å². The Morgan fingerprint density at radius 1 is 1.10 bits per heavy atom. The molecule has 6 heteroatoms. The Hall–Kier alpha value is -2.57. The van der Waals surface area contributed by atoms with Gasteiger partial charge in [-0.3, -0.25) is 9.78 Å². The van der Waals surface area contributed by atoms with Crippen LogP contribution in [0, 0.1) is 5.92 Å². The van der Waals surface area contributed by atoms with Gasteiger partial charge in [0.25, 0.3) is 5.91 Å². The van der Waals surface area contributed by atoms with Crippen molar-refractivity contribution in [2.45, 2.75) is 43.7 Å². The lowest BCUT2D eigenvalue weighted by Gasteiger charge is -2.52. The molecule has 0 spiro atoms. The lowest BCUT2D eigenvalue weighted by Crippen LogP contribution is -2.59. The first kappa shape index (κ1) is 19.4. The first-order valence-corrected chi connectivity index (χ1v) is 11.5. The second-order valence-corrected chi connectivity index (χ2v) is 9.13. The number of pyridine rings is 1. The molecule has 0 radical (unpaired) electrons. The molecule has 30 heavy (non-hydrogen) atoms. The minimum atomic E-state index is -0.868. The normalized spacial score (nSPS) is 26.2. The summed E-state index contributed by atoms with van der Waals surface area (Å²) in [4.78, 5) is 24.1. The number of aromatic nitrogens is 2. The zero-order chi connectivity index (χ0) is 20.6. The van der Waals surface area contributed by atoms with Crippen LogP contribution in [0.25, 0.3) is 10.6 Å². The van der Waals surface area contributed by atoms with Crippen LogP contribution in [0.5, 0.6) is 0 Å². The maximum atomic E-state index is 13.4. The van der Waals surface area contributed by atoms with Crippen LogP contribution in [-0.2, 0) is 5.60 Å². The minimum Gasteiger partial charge on any atom is -0.385 e. The third kappa shape index (κ3) is 3.34. The van der Waals surface area contributed by atoms with Gasteiger partial charge in [-0.25, -0.2) is 4.98 Å². The second-order valence-electron chi connectivity index (χ2n) is 8.27. The van der Waals surface area contributed by atoms with Crippen molar-refractivity contribution in [2.75, 3.05) is 6.54 Å². The number of hydrogen-bond acceptors (Lipinski definition) is 5. The summed E-state index contributed by atoms with van der Waals surface area (Å²) in [7, 11) is 0. The number of hydrogen-bond donors (Lipinski definition) is 1. The van der Waals surface area contributed by atoms with E-state index in [1.54, 1.807) is 12.4 Å². The maximum absolute atomic E-state index is 13.4. The predicted molar refractivity (Wildman–Crippen MR) is 117 cm³/mol. The van der Waals surface area contributed by atoms with Gasteiger partial charge in [-0.05, 0) is 37.0 Å².